The first kappa shape index (κ1) is 33.3. The molecule has 1 atom stereocenters. The van der Waals surface area contributed by atoms with Crippen LogP contribution in [0.15, 0.2) is 114 Å². The predicted molar refractivity (Wildman–Crippen MR) is 178 cm³/mol. The molecule has 0 aliphatic carbocycles. The first-order valence-corrected chi connectivity index (χ1v) is 16.6. The molecule has 236 valence electrons. The van der Waals surface area contributed by atoms with Crippen molar-refractivity contribution < 1.29 is 22.7 Å². The number of amides is 2. The number of unbranched alkanes of at least 4 members (excludes halogenated alkanes) is 1. The van der Waals surface area contributed by atoms with Crippen LogP contribution in [0.5, 0.6) is 5.75 Å². The molecule has 0 unspecified atom stereocenters. The number of rotatable bonds is 15. The van der Waals surface area contributed by atoms with E-state index in [2.05, 4.69) is 5.32 Å². The van der Waals surface area contributed by atoms with Crippen LogP contribution in [0.25, 0.3) is 0 Å². The number of aryl methyl sites for hydroxylation is 1. The fraction of sp³-hybridized carbons (Fsp3) is 0.278. The molecule has 4 aromatic carbocycles. The minimum Gasteiger partial charge on any atom is -0.495 e. The van der Waals surface area contributed by atoms with Gasteiger partial charge in [0, 0.05) is 19.5 Å². The maximum absolute atomic E-state index is 14.6. The number of hydrogen-bond donors (Lipinski definition) is 1. The number of benzene rings is 4. The van der Waals surface area contributed by atoms with Gasteiger partial charge in [0.1, 0.15) is 18.3 Å². The third-order valence-corrected chi connectivity index (χ3v) is 9.44. The highest BCUT2D eigenvalue weighted by Gasteiger charge is 2.35. The van der Waals surface area contributed by atoms with Gasteiger partial charge < -0.3 is 15.0 Å². The van der Waals surface area contributed by atoms with Crippen LogP contribution in [0.1, 0.15) is 36.5 Å². The van der Waals surface area contributed by atoms with Gasteiger partial charge in [-0.25, -0.2) is 8.42 Å². The molecule has 1 N–H and O–H groups in total. The number of sulfonamides is 1. The number of nitrogens with zero attached hydrogens (tertiary/aromatic N) is 2. The standard InChI is InChI=1S/C36H41N3O5S/c1-4-5-24-37-36(41)33(25-29-17-8-6-9-18-29)38(26-30-19-13-12-16-28(30)2)35(40)27-39(32-22-14-15-23-34(32)44-3)45(42,43)31-20-10-7-11-21-31/h6-23,33H,4-5,24-27H2,1-3H3,(H,37,41)/t33-/m1/s1. The molecule has 0 saturated heterocycles. The fourth-order valence-electron chi connectivity index (χ4n) is 5.10. The largest absolute Gasteiger partial charge is 0.495 e. The molecule has 0 spiro atoms. The minimum atomic E-state index is -4.21. The SMILES string of the molecule is CCCCNC(=O)[C@@H](Cc1ccccc1)N(Cc1ccccc1C)C(=O)CN(c1ccccc1OC)S(=O)(=O)c1ccccc1. The minimum absolute atomic E-state index is 0.0345. The van der Waals surface area contributed by atoms with Crippen LogP contribution in [-0.4, -0.2) is 51.4 Å². The summed E-state index contributed by atoms with van der Waals surface area (Å²) in [5.41, 5.74) is 2.92. The van der Waals surface area contributed by atoms with Gasteiger partial charge in [-0.05, 0) is 54.3 Å². The van der Waals surface area contributed by atoms with E-state index in [1.165, 1.54) is 24.1 Å². The lowest BCUT2D eigenvalue weighted by atomic mass is 10.0. The van der Waals surface area contributed by atoms with Crippen molar-refractivity contribution in [3.63, 3.8) is 0 Å². The third-order valence-electron chi connectivity index (χ3n) is 7.67. The van der Waals surface area contributed by atoms with Crippen LogP contribution < -0.4 is 14.4 Å². The highest BCUT2D eigenvalue weighted by Crippen LogP contribution is 2.32. The fourth-order valence-corrected chi connectivity index (χ4v) is 6.55. The highest BCUT2D eigenvalue weighted by molar-refractivity contribution is 7.92. The summed E-state index contributed by atoms with van der Waals surface area (Å²) in [6.45, 7) is 4.04. The smallest absolute Gasteiger partial charge is 0.264 e. The molecule has 0 fully saturated rings. The monoisotopic (exact) mass is 627 g/mol. The Bertz CT molecular complexity index is 1660. The van der Waals surface area contributed by atoms with E-state index in [-0.39, 0.29) is 29.5 Å². The van der Waals surface area contributed by atoms with Gasteiger partial charge in [0.05, 0.1) is 17.7 Å². The Morgan fingerprint density at radius 2 is 1.47 bits per heavy atom. The van der Waals surface area contributed by atoms with Crippen LogP contribution in [0.3, 0.4) is 0 Å². The number of methoxy groups -OCH3 is 1. The van der Waals surface area contributed by atoms with E-state index in [0.717, 1.165) is 33.8 Å². The normalized spacial score (nSPS) is 11.8. The second kappa shape index (κ2) is 15.9. The summed E-state index contributed by atoms with van der Waals surface area (Å²) >= 11 is 0. The molecule has 0 bridgehead atoms. The van der Waals surface area contributed by atoms with Crippen molar-refractivity contribution in [2.24, 2.45) is 0 Å². The van der Waals surface area contributed by atoms with Crippen molar-refractivity contribution in [2.75, 3.05) is 24.5 Å². The molecule has 0 aromatic heterocycles. The van der Waals surface area contributed by atoms with Crippen molar-refractivity contribution in [1.29, 1.82) is 0 Å². The van der Waals surface area contributed by atoms with Crippen molar-refractivity contribution in [3.05, 3.63) is 126 Å². The van der Waals surface area contributed by atoms with Crippen LogP contribution in [0.2, 0.25) is 0 Å². The first-order valence-electron chi connectivity index (χ1n) is 15.1. The Balaban J connectivity index is 1.82. The zero-order valence-corrected chi connectivity index (χ0v) is 26.9. The van der Waals surface area contributed by atoms with Crippen LogP contribution in [-0.2, 0) is 32.6 Å². The molecule has 0 saturated carbocycles. The van der Waals surface area contributed by atoms with Gasteiger partial charge in [-0.3, -0.25) is 13.9 Å². The average molecular weight is 628 g/mol. The van der Waals surface area contributed by atoms with Gasteiger partial charge in [0.25, 0.3) is 10.0 Å². The van der Waals surface area contributed by atoms with Gasteiger partial charge in [0.15, 0.2) is 0 Å². The number of ether oxygens (including phenoxy) is 1. The summed E-state index contributed by atoms with van der Waals surface area (Å²) in [5.74, 6) is -0.507. The summed E-state index contributed by atoms with van der Waals surface area (Å²) in [4.78, 5) is 30.0. The van der Waals surface area contributed by atoms with E-state index in [1.54, 1.807) is 42.5 Å². The third kappa shape index (κ3) is 8.51. The van der Waals surface area contributed by atoms with E-state index in [4.69, 9.17) is 4.74 Å². The first-order chi connectivity index (χ1) is 21.8. The Kier molecular flexibility index (Phi) is 11.8. The van der Waals surface area contributed by atoms with Gasteiger partial charge in [0.2, 0.25) is 11.8 Å². The molecule has 8 nitrogen and oxygen atoms in total. The lowest BCUT2D eigenvalue weighted by molar-refractivity contribution is -0.140. The molecular weight excluding hydrogens is 586 g/mol. The Morgan fingerprint density at radius 3 is 2.13 bits per heavy atom. The molecule has 9 heteroatoms. The Morgan fingerprint density at radius 1 is 0.844 bits per heavy atom. The molecule has 2 amide bonds. The summed E-state index contributed by atoms with van der Waals surface area (Å²) in [5, 5.41) is 3.01. The topological polar surface area (TPSA) is 96.0 Å². The summed E-state index contributed by atoms with van der Waals surface area (Å²) in [7, 11) is -2.76. The Labute approximate surface area is 266 Å². The zero-order valence-electron chi connectivity index (χ0n) is 26.1. The van der Waals surface area contributed by atoms with Crippen LogP contribution >= 0.6 is 0 Å². The van der Waals surface area contributed by atoms with Crippen molar-refractivity contribution >= 4 is 27.5 Å². The second-order valence-corrected chi connectivity index (χ2v) is 12.7. The van der Waals surface area contributed by atoms with Gasteiger partial charge in [-0.15, -0.1) is 0 Å². The van der Waals surface area contributed by atoms with Crippen molar-refractivity contribution in [2.45, 2.75) is 50.6 Å². The predicted octanol–water partition coefficient (Wildman–Crippen LogP) is 5.76. The average Bonchev–Trinajstić information content (AvgIpc) is 3.06. The van der Waals surface area contributed by atoms with Gasteiger partial charge >= 0.3 is 0 Å². The van der Waals surface area contributed by atoms with Crippen molar-refractivity contribution in [3.8, 4) is 5.75 Å². The molecule has 0 aliphatic rings. The second-order valence-electron chi connectivity index (χ2n) is 10.8. The number of nitrogens with one attached hydrogen (secondary N) is 1. The number of anilines is 1. The summed E-state index contributed by atoms with van der Waals surface area (Å²) < 4.78 is 34.9. The molecule has 0 heterocycles. The molecule has 0 radical (unpaired) electrons. The van der Waals surface area contributed by atoms with E-state index < -0.39 is 28.5 Å². The van der Waals surface area contributed by atoms with Gasteiger partial charge in [-0.2, -0.15) is 0 Å². The lowest BCUT2D eigenvalue weighted by Crippen LogP contribution is -2.53. The summed E-state index contributed by atoms with van der Waals surface area (Å²) in [6.07, 6.45) is 1.96. The molecular formula is C36H41N3O5S. The number of para-hydroxylation sites is 2. The quantitative estimate of drug-likeness (QED) is 0.169. The van der Waals surface area contributed by atoms with Crippen LogP contribution in [0.4, 0.5) is 5.69 Å². The highest BCUT2D eigenvalue weighted by atomic mass is 32.2. The number of carbonyl (C=O) groups excluding carboxylic acids is 2. The Hall–Kier alpha value is -4.63. The molecule has 0 aliphatic heterocycles. The van der Waals surface area contributed by atoms with Crippen molar-refractivity contribution in [1.82, 2.24) is 10.2 Å². The number of carbonyl (C=O) groups is 2. The number of hydrogen-bond acceptors (Lipinski definition) is 5. The van der Waals surface area contributed by atoms with E-state index in [1.807, 2.05) is 68.4 Å². The van der Waals surface area contributed by atoms with E-state index >= 15 is 0 Å². The maximum Gasteiger partial charge on any atom is 0.264 e. The van der Waals surface area contributed by atoms with E-state index in [9.17, 15) is 18.0 Å². The molecule has 45 heavy (non-hydrogen) atoms. The zero-order chi connectivity index (χ0) is 32.2. The maximum atomic E-state index is 14.6. The summed E-state index contributed by atoms with van der Waals surface area (Å²) in [6, 6.07) is 31.0. The van der Waals surface area contributed by atoms with Gasteiger partial charge in [-0.1, -0.05) is 98.3 Å². The van der Waals surface area contributed by atoms with E-state index in [0.29, 0.717) is 12.3 Å². The van der Waals surface area contributed by atoms with Crippen LogP contribution in [0, 0.1) is 6.92 Å². The lowest BCUT2D eigenvalue weighted by Gasteiger charge is -2.34. The molecule has 4 rings (SSSR count). The molecule has 4 aromatic rings.